The van der Waals surface area contributed by atoms with Gasteiger partial charge in [0.05, 0.1) is 6.20 Å². The Morgan fingerprint density at radius 2 is 1.95 bits per heavy atom. The first kappa shape index (κ1) is 14.7. The molecule has 0 spiro atoms. The van der Waals surface area contributed by atoms with E-state index in [9.17, 15) is 9.18 Å². The Labute approximate surface area is 132 Å². The first-order valence-electron chi connectivity index (χ1n) is 7.18. The number of hydrogen-bond acceptors (Lipinski definition) is 3. The quantitative estimate of drug-likeness (QED) is 0.758. The van der Waals surface area contributed by atoms with Gasteiger partial charge in [0.15, 0.2) is 5.01 Å². The van der Waals surface area contributed by atoms with Gasteiger partial charge in [-0.2, -0.15) is 0 Å². The molecule has 1 fully saturated rings. The molecule has 0 saturated carbocycles. The molecule has 1 aliphatic heterocycles. The first-order valence-corrected chi connectivity index (χ1v) is 8.00. The number of benzene rings is 1. The second-order valence-electron chi connectivity index (χ2n) is 5.11. The predicted molar refractivity (Wildman–Crippen MR) is 84.6 cm³/mol. The normalized spacial score (nSPS) is 15.2. The van der Waals surface area contributed by atoms with Gasteiger partial charge >= 0.3 is 0 Å². The van der Waals surface area contributed by atoms with E-state index in [1.165, 1.54) is 11.3 Å². The minimum Gasteiger partial charge on any atom is -0.338 e. The highest BCUT2D eigenvalue weighted by Gasteiger charge is 2.24. The SMILES string of the molecule is O=C(c1cnc(C#Cc2ccccc2)s1)N1CCC(F)CC1. The molecular weight excluding hydrogens is 299 g/mol. The predicted octanol–water partition coefficient (Wildman–Crippen LogP) is 3.12. The summed E-state index contributed by atoms with van der Waals surface area (Å²) in [5.41, 5.74) is 0.913. The van der Waals surface area contributed by atoms with E-state index in [-0.39, 0.29) is 5.91 Å². The second-order valence-corrected chi connectivity index (χ2v) is 6.14. The second kappa shape index (κ2) is 6.71. The van der Waals surface area contributed by atoms with Crippen LogP contribution in [0.2, 0.25) is 0 Å². The van der Waals surface area contributed by atoms with E-state index in [1.54, 1.807) is 11.1 Å². The minimum atomic E-state index is -0.780. The van der Waals surface area contributed by atoms with E-state index in [4.69, 9.17) is 0 Å². The molecule has 1 aromatic heterocycles. The van der Waals surface area contributed by atoms with Gasteiger partial charge in [-0.15, -0.1) is 11.3 Å². The summed E-state index contributed by atoms with van der Waals surface area (Å²) in [6.07, 6.45) is 1.62. The minimum absolute atomic E-state index is 0.0721. The highest BCUT2D eigenvalue weighted by Crippen LogP contribution is 2.19. The van der Waals surface area contributed by atoms with Crippen molar-refractivity contribution in [1.29, 1.82) is 0 Å². The summed E-state index contributed by atoms with van der Waals surface area (Å²) in [7, 11) is 0. The van der Waals surface area contributed by atoms with E-state index < -0.39 is 6.17 Å². The average molecular weight is 314 g/mol. The lowest BCUT2D eigenvalue weighted by atomic mass is 10.1. The van der Waals surface area contributed by atoms with Crippen LogP contribution in [0.25, 0.3) is 0 Å². The third-order valence-corrected chi connectivity index (χ3v) is 4.42. The molecule has 0 atom stereocenters. The Morgan fingerprint density at radius 1 is 1.23 bits per heavy atom. The van der Waals surface area contributed by atoms with Crippen LogP contribution in [0.4, 0.5) is 4.39 Å². The summed E-state index contributed by atoms with van der Waals surface area (Å²) in [5.74, 6) is 5.92. The zero-order valence-electron chi connectivity index (χ0n) is 12.0. The molecule has 1 aliphatic rings. The van der Waals surface area contributed by atoms with Gasteiger partial charge in [-0.1, -0.05) is 24.1 Å². The number of amides is 1. The Morgan fingerprint density at radius 3 is 2.68 bits per heavy atom. The topological polar surface area (TPSA) is 33.2 Å². The van der Waals surface area contributed by atoms with E-state index >= 15 is 0 Å². The third-order valence-electron chi connectivity index (χ3n) is 3.52. The van der Waals surface area contributed by atoms with Crippen LogP contribution in [0.5, 0.6) is 0 Å². The van der Waals surface area contributed by atoms with E-state index in [2.05, 4.69) is 16.8 Å². The zero-order valence-corrected chi connectivity index (χ0v) is 12.8. The van der Waals surface area contributed by atoms with Gasteiger partial charge in [-0.25, -0.2) is 9.37 Å². The number of carbonyl (C=O) groups is 1. The lowest BCUT2D eigenvalue weighted by Gasteiger charge is -2.28. The number of halogens is 1. The number of alkyl halides is 1. The van der Waals surface area contributed by atoms with Crippen LogP contribution in [-0.2, 0) is 0 Å². The van der Waals surface area contributed by atoms with Crippen molar-refractivity contribution < 1.29 is 9.18 Å². The maximum absolute atomic E-state index is 13.1. The van der Waals surface area contributed by atoms with Crippen molar-refractivity contribution in [3.05, 3.63) is 52.0 Å². The van der Waals surface area contributed by atoms with Crippen LogP contribution in [0.15, 0.2) is 36.5 Å². The van der Waals surface area contributed by atoms with Gasteiger partial charge < -0.3 is 4.90 Å². The van der Waals surface area contributed by atoms with Crippen LogP contribution in [0.1, 0.15) is 33.1 Å². The molecule has 0 unspecified atom stereocenters. The van der Waals surface area contributed by atoms with Crippen molar-refractivity contribution in [2.45, 2.75) is 19.0 Å². The first-order chi connectivity index (χ1) is 10.7. The lowest BCUT2D eigenvalue weighted by Crippen LogP contribution is -2.38. The summed E-state index contributed by atoms with van der Waals surface area (Å²) in [6.45, 7) is 0.950. The van der Waals surface area contributed by atoms with Crippen molar-refractivity contribution >= 4 is 17.2 Å². The molecule has 22 heavy (non-hydrogen) atoms. The molecule has 112 valence electrons. The van der Waals surface area contributed by atoms with E-state index in [1.807, 2.05) is 30.3 Å². The standard InChI is InChI=1S/C17H15FN2OS/c18-14-8-10-20(11-9-14)17(21)15-12-19-16(22-15)7-6-13-4-2-1-3-5-13/h1-5,12,14H,8-11H2. The summed E-state index contributed by atoms with van der Waals surface area (Å²) < 4.78 is 13.1. The molecule has 1 aromatic carbocycles. The molecule has 0 radical (unpaired) electrons. The number of nitrogens with zero attached hydrogens (tertiary/aromatic N) is 2. The van der Waals surface area contributed by atoms with Crippen molar-refractivity contribution in [1.82, 2.24) is 9.88 Å². The summed E-state index contributed by atoms with van der Waals surface area (Å²) in [4.78, 5) is 18.8. The van der Waals surface area contributed by atoms with Gasteiger partial charge in [0, 0.05) is 18.7 Å². The van der Waals surface area contributed by atoms with Crippen LogP contribution >= 0.6 is 11.3 Å². The molecule has 0 aliphatic carbocycles. The van der Waals surface area contributed by atoms with Gasteiger partial charge in [-0.05, 0) is 30.9 Å². The summed E-state index contributed by atoms with van der Waals surface area (Å²) in [5, 5.41) is 0.618. The summed E-state index contributed by atoms with van der Waals surface area (Å²) >= 11 is 1.28. The highest BCUT2D eigenvalue weighted by molar-refractivity contribution is 7.14. The van der Waals surface area contributed by atoms with Gasteiger partial charge in [0.2, 0.25) is 0 Å². The zero-order chi connectivity index (χ0) is 15.4. The Kier molecular flexibility index (Phi) is 4.50. The lowest BCUT2D eigenvalue weighted by molar-refractivity contribution is 0.0671. The molecule has 2 aromatic rings. The number of aromatic nitrogens is 1. The number of piperidine rings is 1. The van der Waals surface area contributed by atoms with Crippen LogP contribution < -0.4 is 0 Å². The van der Waals surface area contributed by atoms with Crippen molar-refractivity contribution in [2.75, 3.05) is 13.1 Å². The Balaban J connectivity index is 1.69. The molecule has 1 amide bonds. The number of carbonyl (C=O) groups excluding carboxylic acids is 1. The van der Waals surface area contributed by atoms with Crippen LogP contribution in [0, 0.1) is 11.8 Å². The molecule has 2 heterocycles. The molecule has 3 nitrogen and oxygen atoms in total. The van der Waals surface area contributed by atoms with Crippen molar-refractivity contribution in [3.8, 4) is 11.8 Å². The Hall–Kier alpha value is -2.19. The molecule has 5 heteroatoms. The number of hydrogen-bond donors (Lipinski definition) is 0. The van der Waals surface area contributed by atoms with E-state index in [0.717, 1.165) is 5.56 Å². The fourth-order valence-corrected chi connectivity index (χ4v) is 3.02. The van der Waals surface area contributed by atoms with Crippen LogP contribution in [0.3, 0.4) is 0 Å². The van der Waals surface area contributed by atoms with Gasteiger partial charge in [0.25, 0.3) is 5.91 Å². The fraction of sp³-hybridized carbons (Fsp3) is 0.294. The molecular formula is C17H15FN2OS. The monoisotopic (exact) mass is 314 g/mol. The largest absolute Gasteiger partial charge is 0.338 e. The van der Waals surface area contributed by atoms with Crippen molar-refractivity contribution in [2.24, 2.45) is 0 Å². The maximum atomic E-state index is 13.1. The summed E-state index contributed by atoms with van der Waals surface area (Å²) in [6, 6.07) is 9.64. The Bertz CT molecular complexity index is 709. The van der Waals surface area contributed by atoms with Gasteiger partial charge in [0.1, 0.15) is 11.0 Å². The number of rotatable bonds is 1. The van der Waals surface area contributed by atoms with Crippen LogP contribution in [-0.4, -0.2) is 35.1 Å². The number of thiazole rings is 1. The molecule has 0 bridgehead atoms. The fourth-order valence-electron chi connectivity index (χ4n) is 2.28. The van der Waals surface area contributed by atoms with Gasteiger partial charge in [-0.3, -0.25) is 4.79 Å². The maximum Gasteiger partial charge on any atom is 0.265 e. The molecule has 1 saturated heterocycles. The highest BCUT2D eigenvalue weighted by atomic mass is 32.1. The third kappa shape index (κ3) is 3.52. The smallest absolute Gasteiger partial charge is 0.265 e. The molecule has 3 rings (SSSR count). The average Bonchev–Trinajstić information content (AvgIpc) is 3.03. The number of likely N-dealkylation sites (tertiary alicyclic amines) is 1. The van der Waals surface area contributed by atoms with E-state index in [0.29, 0.717) is 35.8 Å². The van der Waals surface area contributed by atoms with Crippen molar-refractivity contribution in [3.63, 3.8) is 0 Å². The molecule has 0 N–H and O–H groups in total.